The third-order valence-corrected chi connectivity index (χ3v) is 4.88. The summed E-state index contributed by atoms with van der Waals surface area (Å²) in [6, 6.07) is 7.58. The highest BCUT2D eigenvalue weighted by Gasteiger charge is 2.15. The van der Waals surface area contributed by atoms with Crippen molar-refractivity contribution in [2.24, 2.45) is 0 Å². The predicted octanol–water partition coefficient (Wildman–Crippen LogP) is 3.15. The lowest BCUT2D eigenvalue weighted by Gasteiger charge is -2.04. The number of esters is 1. The second kappa shape index (κ2) is 6.12. The van der Waals surface area contributed by atoms with Crippen molar-refractivity contribution in [3.63, 3.8) is 0 Å². The molecule has 1 aromatic heterocycles. The summed E-state index contributed by atoms with van der Waals surface area (Å²) < 4.78 is 17.0. The minimum atomic E-state index is -1.15. The van der Waals surface area contributed by atoms with Crippen molar-refractivity contribution in [1.82, 2.24) is 0 Å². The maximum Gasteiger partial charge on any atom is 0.339 e. The summed E-state index contributed by atoms with van der Waals surface area (Å²) in [5, 5.41) is 3.58. The van der Waals surface area contributed by atoms with Crippen molar-refractivity contribution in [3.05, 3.63) is 51.7 Å². The molecule has 5 heteroatoms. The number of rotatable bonds is 4. The van der Waals surface area contributed by atoms with E-state index in [-0.39, 0.29) is 5.97 Å². The monoisotopic (exact) mass is 294 g/mol. The van der Waals surface area contributed by atoms with Crippen LogP contribution in [0.1, 0.15) is 21.5 Å². The number of carbonyl (C=O) groups excluding carboxylic acids is 1. The molecular formula is C14H14O3S2. The van der Waals surface area contributed by atoms with Crippen LogP contribution in [-0.4, -0.2) is 17.3 Å². The van der Waals surface area contributed by atoms with Crippen LogP contribution in [0.5, 0.6) is 0 Å². The quantitative estimate of drug-likeness (QED) is 0.814. The van der Waals surface area contributed by atoms with E-state index in [2.05, 4.69) is 0 Å². The first-order chi connectivity index (χ1) is 9.11. The first kappa shape index (κ1) is 14.0. The molecule has 1 aromatic carbocycles. The molecule has 1 atom stereocenters. The zero-order valence-electron chi connectivity index (χ0n) is 10.7. The highest BCUT2D eigenvalue weighted by Crippen LogP contribution is 2.20. The molecule has 19 heavy (non-hydrogen) atoms. The standard InChI is InChI=1S/C14H14O3S2/c1-10-3-5-12(6-4-10)19(16)9-11-7-18-8-13(11)14(15)17-2/h3-8H,9H2,1-2H3. The second-order valence-electron chi connectivity index (χ2n) is 4.11. The largest absolute Gasteiger partial charge is 0.465 e. The Morgan fingerprint density at radius 2 is 1.95 bits per heavy atom. The number of aryl methyl sites for hydroxylation is 1. The van der Waals surface area contributed by atoms with Gasteiger partial charge in [0, 0.05) is 10.3 Å². The molecule has 0 saturated heterocycles. The average molecular weight is 294 g/mol. The van der Waals surface area contributed by atoms with Gasteiger partial charge < -0.3 is 4.74 Å². The summed E-state index contributed by atoms with van der Waals surface area (Å²) in [5.74, 6) is -0.0473. The van der Waals surface area contributed by atoms with Crippen molar-refractivity contribution in [2.45, 2.75) is 17.6 Å². The molecule has 0 aliphatic heterocycles. The van der Waals surface area contributed by atoms with Crippen LogP contribution in [0.25, 0.3) is 0 Å². The molecule has 0 saturated carbocycles. The Kier molecular flexibility index (Phi) is 4.50. The minimum Gasteiger partial charge on any atom is -0.465 e. The third kappa shape index (κ3) is 3.30. The Morgan fingerprint density at radius 3 is 2.58 bits per heavy atom. The second-order valence-corrected chi connectivity index (χ2v) is 6.30. The number of carbonyl (C=O) groups is 1. The smallest absolute Gasteiger partial charge is 0.339 e. The van der Waals surface area contributed by atoms with Crippen molar-refractivity contribution in [2.75, 3.05) is 7.11 Å². The topological polar surface area (TPSA) is 43.4 Å². The predicted molar refractivity (Wildman–Crippen MR) is 76.9 cm³/mol. The van der Waals surface area contributed by atoms with Crippen molar-refractivity contribution >= 4 is 28.1 Å². The normalized spacial score (nSPS) is 12.1. The molecular weight excluding hydrogens is 280 g/mol. The molecule has 0 aliphatic rings. The molecule has 3 nitrogen and oxygen atoms in total. The van der Waals surface area contributed by atoms with Gasteiger partial charge in [-0.05, 0) is 30.0 Å². The van der Waals surface area contributed by atoms with E-state index in [9.17, 15) is 9.00 Å². The SMILES string of the molecule is COC(=O)c1cscc1CS(=O)c1ccc(C)cc1. The molecule has 1 heterocycles. The zero-order chi connectivity index (χ0) is 13.8. The molecule has 100 valence electrons. The van der Waals surface area contributed by atoms with E-state index in [0.29, 0.717) is 11.3 Å². The van der Waals surface area contributed by atoms with Gasteiger partial charge in [0.05, 0.1) is 29.2 Å². The number of thiophene rings is 1. The fourth-order valence-corrected chi connectivity index (χ4v) is 3.70. The number of benzene rings is 1. The third-order valence-electron chi connectivity index (χ3n) is 2.72. The van der Waals surface area contributed by atoms with Gasteiger partial charge in [-0.2, -0.15) is 11.3 Å². The van der Waals surface area contributed by atoms with Crippen LogP contribution in [0.2, 0.25) is 0 Å². The van der Waals surface area contributed by atoms with Gasteiger partial charge in [0.25, 0.3) is 0 Å². The van der Waals surface area contributed by atoms with Gasteiger partial charge in [0.15, 0.2) is 0 Å². The Bertz CT molecular complexity index is 599. The molecule has 0 radical (unpaired) electrons. The first-order valence-electron chi connectivity index (χ1n) is 5.70. The molecule has 1 unspecified atom stereocenters. The molecule has 0 amide bonds. The summed E-state index contributed by atoms with van der Waals surface area (Å²) in [5.41, 5.74) is 2.41. The van der Waals surface area contributed by atoms with E-state index in [0.717, 1.165) is 16.0 Å². The van der Waals surface area contributed by atoms with Crippen LogP contribution in [0, 0.1) is 6.92 Å². The highest BCUT2D eigenvalue weighted by molar-refractivity contribution is 7.84. The van der Waals surface area contributed by atoms with Crippen LogP contribution >= 0.6 is 11.3 Å². The van der Waals surface area contributed by atoms with Gasteiger partial charge in [-0.3, -0.25) is 4.21 Å². The lowest BCUT2D eigenvalue weighted by Crippen LogP contribution is -2.05. The van der Waals surface area contributed by atoms with Crippen LogP contribution in [0.3, 0.4) is 0 Å². The van der Waals surface area contributed by atoms with E-state index in [1.165, 1.54) is 18.4 Å². The molecule has 0 N–H and O–H groups in total. The Hall–Kier alpha value is -1.46. The molecule has 2 aromatic rings. The number of hydrogen-bond acceptors (Lipinski definition) is 4. The fourth-order valence-electron chi connectivity index (χ4n) is 1.64. The Balaban J connectivity index is 2.17. The first-order valence-corrected chi connectivity index (χ1v) is 7.96. The van der Waals surface area contributed by atoms with Gasteiger partial charge in [0.1, 0.15) is 0 Å². The van der Waals surface area contributed by atoms with E-state index >= 15 is 0 Å². The van der Waals surface area contributed by atoms with Gasteiger partial charge in [0.2, 0.25) is 0 Å². The molecule has 0 bridgehead atoms. The summed E-state index contributed by atoms with van der Waals surface area (Å²) in [6.45, 7) is 1.99. The summed E-state index contributed by atoms with van der Waals surface area (Å²) in [7, 11) is 0.197. The van der Waals surface area contributed by atoms with E-state index in [1.807, 2.05) is 36.6 Å². The molecule has 2 rings (SSSR count). The Morgan fingerprint density at radius 1 is 1.26 bits per heavy atom. The van der Waals surface area contributed by atoms with Gasteiger partial charge in [-0.1, -0.05) is 17.7 Å². The van der Waals surface area contributed by atoms with Gasteiger partial charge in [-0.25, -0.2) is 4.79 Å². The van der Waals surface area contributed by atoms with Crippen LogP contribution < -0.4 is 0 Å². The number of methoxy groups -OCH3 is 1. The van der Waals surface area contributed by atoms with Crippen LogP contribution in [0.15, 0.2) is 39.9 Å². The number of hydrogen-bond donors (Lipinski definition) is 0. The van der Waals surface area contributed by atoms with E-state index in [1.54, 1.807) is 5.38 Å². The summed E-state index contributed by atoms with van der Waals surface area (Å²) >= 11 is 1.41. The maximum atomic E-state index is 12.3. The van der Waals surface area contributed by atoms with E-state index in [4.69, 9.17) is 4.74 Å². The van der Waals surface area contributed by atoms with E-state index < -0.39 is 10.8 Å². The van der Waals surface area contributed by atoms with Crippen LogP contribution in [-0.2, 0) is 21.3 Å². The van der Waals surface area contributed by atoms with Gasteiger partial charge in [-0.15, -0.1) is 0 Å². The highest BCUT2D eigenvalue weighted by atomic mass is 32.2. The molecule has 0 aliphatic carbocycles. The summed E-state index contributed by atoms with van der Waals surface area (Å²) in [4.78, 5) is 12.3. The summed E-state index contributed by atoms with van der Waals surface area (Å²) in [6.07, 6.45) is 0. The van der Waals surface area contributed by atoms with Crippen LogP contribution in [0.4, 0.5) is 0 Å². The Labute approximate surface area is 118 Å². The van der Waals surface area contributed by atoms with Crippen molar-refractivity contribution in [1.29, 1.82) is 0 Å². The fraction of sp³-hybridized carbons (Fsp3) is 0.214. The number of ether oxygens (including phenoxy) is 1. The lowest BCUT2D eigenvalue weighted by molar-refractivity contribution is 0.0600. The minimum absolute atomic E-state index is 0.330. The lowest BCUT2D eigenvalue weighted by atomic mass is 10.2. The zero-order valence-corrected chi connectivity index (χ0v) is 12.3. The molecule has 0 spiro atoms. The van der Waals surface area contributed by atoms with Crippen molar-refractivity contribution < 1.29 is 13.7 Å². The molecule has 0 fully saturated rings. The van der Waals surface area contributed by atoms with Crippen molar-refractivity contribution in [3.8, 4) is 0 Å². The maximum absolute atomic E-state index is 12.3. The average Bonchev–Trinajstić information content (AvgIpc) is 2.86. The van der Waals surface area contributed by atoms with Gasteiger partial charge >= 0.3 is 5.97 Å².